The molecule has 2 saturated heterocycles. The summed E-state index contributed by atoms with van der Waals surface area (Å²) in [4.78, 5) is 6.72. The number of aromatic nitrogens is 1. The van der Waals surface area contributed by atoms with Gasteiger partial charge in [-0.2, -0.15) is 4.31 Å². The number of thiazole rings is 1. The largest absolute Gasteiger partial charge is 0.297 e. The Bertz CT molecular complexity index is 902. The van der Waals surface area contributed by atoms with Crippen LogP contribution in [0.4, 0.5) is 0 Å². The second-order valence-electron chi connectivity index (χ2n) is 7.68. The van der Waals surface area contributed by atoms with Crippen LogP contribution in [0.3, 0.4) is 0 Å². The highest BCUT2D eigenvalue weighted by atomic mass is 32.2. The van der Waals surface area contributed by atoms with Crippen molar-refractivity contribution in [1.82, 2.24) is 14.2 Å². The molecule has 4 rings (SSSR count). The van der Waals surface area contributed by atoms with Crippen LogP contribution in [0.2, 0.25) is 0 Å². The van der Waals surface area contributed by atoms with E-state index in [9.17, 15) is 8.42 Å². The van der Waals surface area contributed by atoms with Gasteiger partial charge < -0.3 is 0 Å². The van der Waals surface area contributed by atoms with Gasteiger partial charge in [-0.15, -0.1) is 11.3 Å². The molecule has 0 saturated carbocycles. The number of hydrogen-bond acceptors (Lipinski definition) is 5. The van der Waals surface area contributed by atoms with Gasteiger partial charge in [-0.05, 0) is 26.3 Å². The molecule has 2 aliphatic heterocycles. The number of benzene rings is 1. The first-order valence-electron chi connectivity index (χ1n) is 9.01. The number of rotatable bonds is 4. The lowest BCUT2D eigenvalue weighted by atomic mass is 10.1. The van der Waals surface area contributed by atoms with Gasteiger partial charge in [0.2, 0.25) is 10.0 Å². The fraction of sp³-hybridized carbons (Fsp3) is 0.526. The zero-order valence-corrected chi connectivity index (χ0v) is 17.1. The third-order valence-electron chi connectivity index (χ3n) is 5.33. The topological polar surface area (TPSA) is 53.5 Å². The second kappa shape index (κ2) is 6.71. The standard InChI is InChI=1S/C19H25N3O2S2/c1-13-4-14(2)6-16(5-13)7-21-8-17-9-22(26(23,24)19(17)11-21)10-18-12-25-15(3)20-18/h4-6,12,17,19H,7-11H2,1-3H3/t17-,19-/m0/s1. The van der Waals surface area contributed by atoms with Crippen LogP contribution in [-0.4, -0.2) is 47.5 Å². The predicted molar refractivity (Wildman–Crippen MR) is 105 cm³/mol. The van der Waals surface area contributed by atoms with Crippen molar-refractivity contribution in [3.63, 3.8) is 0 Å². The summed E-state index contributed by atoms with van der Waals surface area (Å²) >= 11 is 1.57. The van der Waals surface area contributed by atoms with Crippen LogP contribution in [0.5, 0.6) is 0 Å². The van der Waals surface area contributed by atoms with E-state index in [0.29, 0.717) is 19.6 Å². The van der Waals surface area contributed by atoms with E-state index in [1.54, 1.807) is 15.6 Å². The molecule has 0 radical (unpaired) electrons. The fourth-order valence-electron chi connectivity index (χ4n) is 4.36. The highest BCUT2D eigenvalue weighted by molar-refractivity contribution is 7.90. The highest BCUT2D eigenvalue weighted by Gasteiger charge is 2.50. The van der Waals surface area contributed by atoms with Crippen molar-refractivity contribution in [1.29, 1.82) is 0 Å². The van der Waals surface area contributed by atoms with Crippen molar-refractivity contribution in [2.24, 2.45) is 5.92 Å². The molecular formula is C19H25N3O2S2. The Morgan fingerprint density at radius 1 is 1.08 bits per heavy atom. The molecule has 1 aromatic heterocycles. The quantitative estimate of drug-likeness (QED) is 0.804. The molecule has 0 unspecified atom stereocenters. The SMILES string of the molecule is Cc1cc(C)cc(CN2C[C@H]3CN(Cc4csc(C)n4)S(=O)(=O)[C@H]3C2)c1. The van der Waals surface area contributed by atoms with E-state index in [-0.39, 0.29) is 11.2 Å². The van der Waals surface area contributed by atoms with Crippen LogP contribution in [0.15, 0.2) is 23.6 Å². The maximum Gasteiger partial charge on any atom is 0.218 e. The van der Waals surface area contributed by atoms with Gasteiger partial charge in [-0.1, -0.05) is 29.3 Å². The molecule has 0 amide bonds. The average Bonchev–Trinajstić information content (AvgIpc) is 3.17. The first-order chi connectivity index (χ1) is 12.3. The Morgan fingerprint density at radius 3 is 2.42 bits per heavy atom. The van der Waals surface area contributed by atoms with Crippen molar-refractivity contribution in [3.8, 4) is 0 Å². The Balaban J connectivity index is 1.44. The number of likely N-dealkylation sites (tertiary alicyclic amines) is 1. The van der Waals surface area contributed by atoms with Crippen LogP contribution in [0, 0.1) is 26.7 Å². The number of fused-ring (bicyclic) bond motifs is 1. The number of hydrogen-bond donors (Lipinski definition) is 0. The summed E-state index contributed by atoms with van der Waals surface area (Å²) in [6.45, 7) is 9.51. The third-order valence-corrected chi connectivity index (χ3v) is 8.45. The van der Waals surface area contributed by atoms with Crippen LogP contribution >= 0.6 is 11.3 Å². The lowest BCUT2D eigenvalue weighted by Gasteiger charge is -2.21. The zero-order chi connectivity index (χ0) is 18.5. The highest BCUT2D eigenvalue weighted by Crippen LogP contribution is 2.35. The van der Waals surface area contributed by atoms with Gasteiger partial charge >= 0.3 is 0 Å². The molecule has 5 nitrogen and oxygen atoms in total. The molecule has 3 heterocycles. The molecule has 0 bridgehead atoms. The molecule has 0 aliphatic carbocycles. The van der Waals surface area contributed by atoms with Crippen molar-refractivity contribution >= 4 is 21.4 Å². The summed E-state index contributed by atoms with van der Waals surface area (Å²) in [5.41, 5.74) is 4.66. The summed E-state index contributed by atoms with van der Waals surface area (Å²) < 4.78 is 27.6. The molecule has 1 aromatic carbocycles. The summed E-state index contributed by atoms with van der Waals surface area (Å²) in [5.74, 6) is 0.200. The van der Waals surface area contributed by atoms with Crippen molar-refractivity contribution in [2.45, 2.75) is 39.1 Å². The molecule has 2 aliphatic rings. The van der Waals surface area contributed by atoms with Crippen molar-refractivity contribution in [3.05, 3.63) is 51.0 Å². The molecule has 0 spiro atoms. The van der Waals surface area contributed by atoms with Crippen LogP contribution in [0.1, 0.15) is 27.4 Å². The van der Waals surface area contributed by atoms with E-state index in [4.69, 9.17) is 0 Å². The first kappa shape index (κ1) is 18.1. The Morgan fingerprint density at radius 2 is 1.81 bits per heavy atom. The summed E-state index contributed by atoms with van der Waals surface area (Å²) in [7, 11) is -3.24. The van der Waals surface area contributed by atoms with Crippen molar-refractivity contribution < 1.29 is 8.42 Å². The van der Waals surface area contributed by atoms with E-state index in [1.165, 1.54) is 16.7 Å². The normalized spacial score (nSPS) is 25.7. The lowest BCUT2D eigenvalue weighted by Crippen LogP contribution is -2.34. The predicted octanol–water partition coefficient (Wildman–Crippen LogP) is 2.71. The Kier molecular flexibility index (Phi) is 4.67. The van der Waals surface area contributed by atoms with Gasteiger partial charge in [0.15, 0.2) is 0 Å². The van der Waals surface area contributed by atoms with E-state index >= 15 is 0 Å². The summed E-state index contributed by atoms with van der Waals surface area (Å²) in [6.07, 6.45) is 0. The first-order valence-corrected chi connectivity index (χ1v) is 11.4. The minimum absolute atomic E-state index is 0.200. The van der Waals surface area contributed by atoms with Gasteiger partial charge in [0.1, 0.15) is 0 Å². The van der Waals surface area contributed by atoms with E-state index in [0.717, 1.165) is 23.8 Å². The van der Waals surface area contributed by atoms with Gasteiger partial charge in [0.05, 0.1) is 22.5 Å². The summed E-state index contributed by atoms with van der Waals surface area (Å²) in [6, 6.07) is 6.57. The Labute approximate surface area is 159 Å². The molecule has 7 heteroatoms. The van der Waals surface area contributed by atoms with Crippen molar-refractivity contribution in [2.75, 3.05) is 19.6 Å². The fourth-order valence-corrected chi connectivity index (χ4v) is 7.12. The molecule has 0 N–H and O–H groups in total. The maximum atomic E-state index is 13.0. The lowest BCUT2D eigenvalue weighted by molar-refractivity contribution is 0.294. The molecule has 2 atom stereocenters. The minimum atomic E-state index is -3.24. The smallest absolute Gasteiger partial charge is 0.218 e. The molecule has 140 valence electrons. The van der Waals surface area contributed by atoms with Crippen LogP contribution in [-0.2, 0) is 23.1 Å². The maximum absolute atomic E-state index is 13.0. The van der Waals surface area contributed by atoms with E-state index in [2.05, 4.69) is 41.9 Å². The number of sulfonamides is 1. The van der Waals surface area contributed by atoms with E-state index < -0.39 is 10.0 Å². The van der Waals surface area contributed by atoms with Gasteiger partial charge in [0.25, 0.3) is 0 Å². The average molecular weight is 392 g/mol. The molecule has 2 aromatic rings. The van der Waals surface area contributed by atoms with Gasteiger partial charge in [-0.25, -0.2) is 13.4 Å². The van der Waals surface area contributed by atoms with Crippen LogP contribution < -0.4 is 0 Å². The molecular weight excluding hydrogens is 366 g/mol. The van der Waals surface area contributed by atoms with Gasteiger partial charge in [-0.3, -0.25) is 4.90 Å². The summed E-state index contributed by atoms with van der Waals surface area (Å²) in [5, 5.41) is 2.68. The second-order valence-corrected chi connectivity index (χ2v) is 10.9. The number of aryl methyl sites for hydroxylation is 3. The Hall–Kier alpha value is -1.28. The van der Waals surface area contributed by atoms with Gasteiger partial charge in [0, 0.05) is 37.5 Å². The van der Waals surface area contributed by atoms with E-state index in [1.807, 2.05) is 12.3 Å². The minimum Gasteiger partial charge on any atom is -0.297 e. The van der Waals surface area contributed by atoms with Crippen LogP contribution in [0.25, 0.3) is 0 Å². The monoisotopic (exact) mass is 391 g/mol. The molecule has 2 fully saturated rings. The molecule has 26 heavy (non-hydrogen) atoms. The number of nitrogens with zero attached hydrogens (tertiary/aromatic N) is 3. The zero-order valence-electron chi connectivity index (χ0n) is 15.5. The third kappa shape index (κ3) is 3.45.